The lowest BCUT2D eigenvalue weighted by atomic mass is 9.99. The monoisotopic (exact) mass is 328 g/mol. The van der Waals surface area contributed by atoms with Gasteiger partial charge in [0.25, 0.3) is 5.91 Å². The number of benzene rings is 1. The van der Waals surface area contributed by atoms with Crippen molar-refractivity contribution in [1.82, 2.24) is 10.2 Å². The van der Waals surface area contributed by atoms with Crippen LogP contribution in [-0.4, -0.2) is 30.0 Å². The van der Waals surface area contributed by atoms with E-state index in [0.29, 0.717) is 5.76 Å². The van der Waals surface area contributed by atoms with Gasteiger partial charge in [-0.3, -0.25) is 9.69 Å². The molecule has 6 nitrogen and oxygen atoms in total. The summed E-state index contributed by atoms with van der Waals surface area (Å²) in [7, 11) is 0. The number of nitrogens with one attached hydrogen (secondary N) is 1. The third kappa shape index (κ3) is 2.64. The molecule has 2 aromatic rings. The van der Waals surface area contributed by atoms with Crippen molar-refractivity contribution >= 4 is 11.9 Å². The predicted octanol–water partition coefficient (Wildman–Crippen LogP) is 2.74. The van der Waals surface area contributed by atoms with E-state index in [1.807, 2.05) is 32.0 Å². The SMILES string of the molecule is Cc1cccc(C)c1OCCN1C(=O)N[C@@](C)(c2ccco2)C1=O. The lowest BCUT2D eigenvalue weighted by molar-refractivity contribution is -0.131. The van der Waals surface area contributed by atoms with Crippen LogP contribution in [-0.2, 0) is 10.3 Å². The molecule has 126 valence electrons. The number of para-hydroxylation sites is 1. The van der Waals surface area contributed by atoms with Crippen LogP contribution in [0, 0.1) is 13.8 Å². The fraction of sp³-hybridized carbons (Fsp3) is 0.333. The number of amides is 3. The number of nitrogens with zero attached hydrogens (tertiary/aromatic N) is 1. The van der Waals surface area contributed by atoms with Gasteiger partial charge in [0.2, 0.25) is 0 Å². The molecule has 0 aliphatic carbocycles. The molecule has 24 heavy (non-hydrogen) atoms. The molecule has 3 amide bonds. The maximum atomic E-state index is 12.6. The molecule has 1 aliphatic rings. The Morgan fingerprint density at radius 2 is 1.88 bits per heavy atom. The average Bonchev–Trinajstić information content (AvgIpc) is 3.14. The molecule has 3 rings (SSSR count). The van der Waals surface area contributed by atoms with Gasteiger partial charge in [0.1, 0.15) is 18.1 Å². The Labute approximate surface area is 140 Å². The Bertz CT molecular complexity index is 749. The van der Waals surface area contributed by atoms with E-state index in [1.165, 1.54) is 6.26 Å². The average molecular weight is 328 g/mol. The van der Waals surface area contributed by atoms with Crippen LogP contribution >= 0.6 is 0 Å². The van der Waals surface area contributed by atoms with Gasteiger partial charge < -0.3 is 14.5 Å². The van der Waals surface area contributed by atoms with E-state index in [-0.39, 0.29) is 19.1 Å². The number of urea groups is 1. The summed E-state index contributed by atoms with van der Waals surface area (Å²) in [5, 5.41) is 2.69. The molecule has 0 saturated carbocycles. The van der Waals surface area contributed by atoms with Gasteiger partial charge in [-0.25, -0.2) is 4.79 Å². The summed E-state index contributed by atoms with van der Waals surface area (Å²) in [6.07, 6.45) is 1.48. The van der Waals surface area contributed by atoms with Crippen molar-refractivity contribution in [3.63, 3.8) is 0 Å². The van der Waals surface area contributed by atoms with Crippen LogP contribution in [0.25, 0.3) is 0 Å². The Hall–Kier alpha value is -2.76. The molecule has 0 bridgehead atoms. The maximum Gasteiger partial charge on any atom is 0.325 e. The van der Waals surface area contributed by atoms with Gasteiger partial charge in [-0.1, -0.05) is 18.2 Å². The molecule has 6 heteroatoms. The lowest BCUT2D eigenvalue weighted by Gasteiger charge is -2.19. The van der Waals surface area contributed by atoms with Crippen LogP contribution in [0.2, 0.25) is 0 Å². The minimum absolute atomic E-state index is 0.175. The molecular weight excluding hydrogens is 308 g/mol. The summed E-state index contributed by atoms with van der Waals surface area (Å²) in [6, 6.07) is 8.81. The maximum absolute atomic E-state index is 12.6. The zero-order valence-corrected chi connectivity index (χ0v) is 14.0. The van der Waals surface area contributed by atoms with Gasteiger partial charge in [0, 0.05) is 0 Å². The van der Waals surface area contributed by atoms with Gasteiger partial charge in [-0.05, 0) is 44.0 Å². The predicted molar refractivity (Wildman–Crippen MR) is 87.7 cm³/mol. The molecule has 2 heterocycles. The molecule has 1 N–H and O–H groups in total. The highest BCUT2D eigenvalue weighted by Crippen LogP contribution is 2.29. The van der Waals surface area contributed by atoms with E-state index >= 15 is 0 Å². The number of hydrogen-bond acceptors (Lipinski definition) is 4. The summed E-state index contributed by atoms with van der Waals surface area (Å²) < 4.78 is 11.1. The van der Waals surface area contributed by atoms with Gasteiger partial charge in [-0.2, -0.15) is 0 Å². The highest BCUT2D eigenvalue weighted by Gasteiger charge is 2.50. The summed E-state index contributed by atoms with van der Waals surface area (Å²) in [6.45, 7) is 5.97. The molecule has 0 spiro atoms. The quantitative estimate of drug-likeness (QED) is 0.857. The van der Waals surface area contributed by atoms with Crippen molar-refractivity contribution in [2.45, 2.75) is 26.3 Å². The third-order valence-corrected chi connectivity index (χ3v) is 4.26. The van der Waals surface area contributed by atoms with Crippen LogP contribution in [0.15, 0.2) is 41.0 Å². The number of furan rings is 1. The number of aryl methyl sites for hydroxylation is 2. The minimum Gasteiger partial charge on any atom is -0.491 e. The number of imide groups is 1. The zero-order chi connectivity index (χ0) is 17.3. The van der Waals surface area contributed by atoms with Gasteiger partial charge in [-0.15, -0.1) is 0 Å². The highest BCUT2D eigenvalue weighted by atomic mass is 16.5. The van der Waals surface area contributed by atoms with Crippen molar-refractivity contribution in [2.24, 2.45) is 0 Å². The normalized spacial score (nSPS) is 20.4. The highest BCUT2D eigenvalue weighted by molar-refractivity contribution is 6.06. The molecule has 1 aliphatic heterocycles. The van der Waals surface area contributed by atoms with E-state index < -0.39 is 11.6 Å². The first-order valence-corrected chi connectivity index (χ1v) is 7.80. The summed E-state index contributed by atoms with van der Waals surface area (Å²) in [5.74, 6) is 0.866. The molecule has 0 unspecified atom stereocenters. The number of carbonyl (C=O) groups excluding carboxylic acids is 2. The van der Waals surface area contributed by atoms with Crippen molar-refractivity contribution in [3.8, 4) is 5.75 Å². The Balaban J connectivity index is 1.68. The fourth-order valence-electron chi connectivity index (χ4n) is 2.90. The number of hydrogen-bond donors (Lipinski definition) is 1. The Kier molecular flexibility index (Phi) is 4.05. The smallest absolute Gasteiger partial charge is 0.325 e. The second-order valence-corrected chi connectivity index (χ2v) is 6.06. The van der Waals surface area contributed by atoms with Gasteiger partial charge in [0.05, 0.1) is 12.8 Å². The fourth-order valence-corrected chi connectivity index (χ4v) is 2.90. The van der Waals surface area contributed by atoms with E-state index in [4.69, 9.17) is 9.15 Å². The Morgan fingerprint density at radius 1 is 1.17 bits per heavy atom. The van der Waals surface area contributed by atoms with Gasteiger partial charge in [0.15, 0.2) is 5.54 Å². The summed E-state index contributed by atoms with van der Waals surface area (Å²) >= 11 is 0. The van der Waals surface area contributed by atoms with Crippen molar-refractivity contribution < 1.29 is 18.7 Å². The van der Waals surface area contributed by atoms with E-state index in [0.717, 1.165) is 21.8 Å². The standard InChI is InChI=1S/C18H20N2O4/c1-12-6-4-7-13(2)15(12)24-11-9-20-16(21)18(3,19-17(20)22)14-8-5-10-23-14/h4-8,10H,9,11H2,1-3H3,(H,19,22)/t18-/m0/s1. The summed E-state index contributed by atoms with van der Waals surface area (Å²) in [5.41, 5.74) is 0.874. The molecule has 1 aromatic carbocycles. The first-order valence-electron chi connectivity index (χ1n) is 7.80. The topological polar surface area (TPSA) is 71.8 Å². The van der Waals surface area contributed by atoms with Crippen LogP contribution in [0.4, 0.5) is 4.79 Å². The minimum atomic E-state index is -1.17. The first kappa shape index (κ1) is 16.1. The summed E-state index contributed by atoms with van der Waals surface area (Å²) in [4.78, 5) is 26.0. The van der Waals surface area contributed by atoms with Crippen molar-refractivity contribution in [2.75, 3.05) is 13.2 Å². The van der Waals surface area contributed by atoms with E-state index in [1.54, 1.807) is 19.1 Å². The van der Waals surface area contributed by atoms with Crippen LogP contribution < -0.4 is 10.1 Å². The van der Waals surface area contributed by atoms with Crippen LogP contribution in [0.3, 0.4) is 0 Å². The molecule has 1 fully saturated rings. The molecule has 1 saturated heterocycles. The van der Waals surface area contributed by atoms with Crippen LogP contribution in [0.1, 0.15) is 23.8 Å². The number of rotatable bonds is 5. The second kappa shape index (κ2) is 6.03. The van der Waals surface area contributed by atoms with E-state index in [2.05, 4.69) is 5.32 Å². The largest absolute Gasteiger partial charge is 0.491 e. The second-order valence-electron chi connectivity index (χ2n) is 6.06. The molecule has 1 atom stereocenters. The first-order chi connectivity index (χ1) is 11.4. The number of carbonyl (C=O) groups is 2. The zero-order valence-electron chi connectivity index (χ0n) is 14.0. The molecule has 0 radical (unpaired) electrons. The lowest BCUT2D eigenvalue weighted by Crippen LogP contribution is -2.41. The van der Waals surface area contributed by atoms with Crippen molar-refractivity contribution in [3.05, 3.63) is 53.5 Å². The molecule has 1 aromatic heterocycles. The van der Waals surface area contributed by atoms with Crippen LogP contribution in [0.5, 0.6) is 5.75 Å². The molecular formula is C18H20N2O4. The van der Waals surface area contributed by atoms with Gasteiger partial charge >= 0.3 is 6.03 Å². The van der Waals surface area contributed by atoms with Crippen molar-refractivity contribution in [1.29, 1.82) is 0 Å². The Morgan fingerprint density at radius 3 is 2.50 bits per heavy atom. The van der Waals surface area contributed by atoms with E-state index in [9.17, 15) is 9.59 Å². The number of ether oxygens (including phenoxy) is 1. The third-order valence-electron chi connectivity index (χ3n) is 4.26.